The van der Waals surface area contributed by atoms with E-state index >= 15 is 0 Å². The molecule has 1 amide bonds. The van der Waals surface area contributed by atoms with E-state index in [1.165, 1.54) is 5.56 Å². The Morgan fingerprint density at radius 3 is 2.61 bits per heavy atom. The molecule has 2 aromatic carbocycles. The van der Waals surface area contributed by atoms with Crippen molar-refractivity contribution in [2.24, 2.45) is 0 Å². The van der Waals surface area contributed by atoms with Crippen molar-refractivity contribution in [1.82, 2.24) is 4.98 Å². The van der Waals surface area contributed by atoms with Crippen LogP contribution in [0.4, 0.5) is 5.82 Å². The minimum Gasteiger partial charge on any atom is -0.454 e. The SMILES string of the molecule is Cc1cccc(-c2ccc(NC(=O)C3(c4ccc5c(c4)OCO5)CC3)nc2)c1. The fourth-order valence-corrected chi connectivity index (χ4v) is 3.67. The molecule has 28 heavy (non-hydrogen) atoms. The summed E-state index contributed by atoms with van der Waals surface area (Å²) in [6.45, 7) is 2.30. The van der Waals surface area contributed by atoms with Crippen molar-refractivity contribution < 1.29 is 14.3 Å². The molecular formula is C23H20N2O3. The lowest BCUT2D eigenvalue weighted by atomic mass is 9.94. The van der Waals surface area contributed by atoms with E-state index in [1.54, 1.807) is 6.20 Å². The maximum absolute atomic E-state index is 13.0. The number of fused-ring (bicyclic) bond motifs is 1. The van der Waals surface area contributed by atoms with Crippen molar-refractivity contribution in [3.63, 3.8) is 0 Å². The predicted octanol–water partition coefficient (Wildman–Crippen LogP) is 4.46. The van der Waals surface area contributed by atoms with E-state index in [4.69, 9.17) is 9.47 Å². The van der Waals surface area contributed by atoms with Crippen molar-refractivity contribution in [3.05, 3.63) is 71.9 Å². The van der Waals surface area contributed by atoms with E-state index < -0.39 is 5.41 Å². The van der Waals surface area contributed by atoms with E-state index in [0.717, 1.165) is 35.3 Å². The molecule has 0 saturated heterocycles. The number of pyridine rings is 1. The number of amides is 1. The molecule has 1 aromatic heterocycles. The number of hydrogen-bond donors (Lipinski definition) is 1. The van der Waals surface area contributed by atoms with Crippen LogP contribution in [0.25, 0.3) is 11.1 Å². The Balaban J connectivity index is 1.34. The van der Waals surface area contributed by atoms with Gasteiger partial charge in [-0.3, -0.25) is 4.79 Å². The van der Waals surface area contributed by atoms with Crippen LogP contribution in [0, 0.1) is 6.92 Å². The fraction of sp³-hybridized carbons (Fsp3) is 0.217. The monoisotopic (exact) mass is 372 g/mol. The average Bonchev–Trinajstić information content (AvgIpc) is 3.40. The number of rotatable bonds is 4. The molecule has 2 heterocycles. The third-order valence-electron chi connectivity index (χ3n) is 5.47. The lowest BCUT2D eigenvalue weighted by Crippen LogP contribution is -2.28. The van der Waals surface area contributed by atoms with Crippen molar-refractivity contribution in [2.75, 3.05) is 12.1 Å². The summed E-state index contributed by atoms with van der Waals surface area (Å²) in [6.07, 6.45) is 3.43. The van der Waals surface area contributed by atoms with Gasteiger partial charge in [-0.05, 0) is 55.2 Å². The number of aromatic nitrogens is 1. The van der Waals surface area contributed by atoms with Crippen LogP contribution in [0.1, 0.15) is 24.0 Å². The summed E-state index contributed by atoms with van der Waals surface area (Å²) in [5.41, 5.74) is 3.81. The van der Waals surface area contributed by atoms with Gasteiger partial charge in [0.05, 0.1) is 5.41 Å². The number of aryl methyl sites for hydroxylation is 1. The van der Waals surface area contributed by atoms with Gasteiger partial charge in [0, 0.05) is 11.8 Å². The van der Waals surface area contributed by atoms with Crippen molar-refractivity contribution in [2.45, 2.75) is 25.2 Å². The smallest absolute Gasteiger partial charge is 0.236 e. The van der Waals surface area contributed by atoms with Crippen LogP contribution in [0.15, 0.2) is 60.8 Å². The first kappa shape index (κ1) is 16.8. The zero-order valence-electron chi connectivity index (χ0n) is 15.6. The Labute approximate surface area is 163 Å². The molecule has 1 fully saturated rings. The van der Waals surface area contributed by atoms with Gasteiger partial charge in [-0.25, -0.2) is 4.98 Å². The predicted molar refractivity (Wildman–Crippen MR) is 107 cm³/mol. The van der Waals surface area contributed by atoms with E-state index in [-0.39, 0.29) is 12.7 Å². The molecular weight excluding hydrogens is 352 g/mol. The summed E-state index contributed by atoms with van der Waals surface area (Å²) in [7, 11) is 0. The maximum Gasteiger partial charge on any atom is 0.236 e. The molecule has 0 unspecified atom stereocenters. The first-order valence-electron chi connectivity index (χ1n) is 9.39. The lowest BCUT2D eigenvalue weighted by molar-refractivity contribution is -0.118. The molecule has 5 nitrogen and oxygen atoms in total. The van der Waals surface area contributed by atoms with Crippen LogP contribution in [0.3, 0.4) is 0 Å². The highest BCUT2D eigenvalue weighted by atomic mass is 16.7. The quantitative estimate of drug-likeness (QED) is 0.735. The van der Waals surface area contributed by atoms with Crippen molar-refractivity contribution in [3.8, 4) is 22.6 Å². The molecule has 5 rings (SSSR count). The first-order valence-corrected chi connectivity index (χ1v) is 9.39. The molecule has 0 bridgehead atoms. The molecule has 1 N–H and O–H groups in total. The van der Waals surface area contributed by atoms with Gasteiger partial charge in [0.25, 0.3) is 0 Å². The highest BCUT2D eigenvalue weighted by Gasteiger charge is 2.51. The average molecular weight is 372 g/mol. The molecule has 0 radical (unpaired) electrons. The van der Waals surface area contributed by atoms with Gasteiger partial charge in [-0.15, -0.1) is 0 Å². The zero-order valence-corrected chi connectivity index (χ0v) is 15.6. The molecule has 2 aliphatic rings. The summed E-state index contributed by atoms with van der Waals surface area (Å²) in [5, 5.41) is 2.98. The van der Waals surface area contributed by atoms with Gasteiger partial charge in [-0.1, -0.05) is 35.9 Å². The Hall–Kier alpha value is -3.34. The van der Waals surface area contributed by atoms with Crippen LogP contribution < -0.4 is 14.8 Å². The summed E-state index contributed by atoms with van der Waals surface area (Å²) < 4.78 is 10.8. The molecule has 0 spiro atoms. The van der Waals surface area contributed by atoms with Gasteiger partial charge < -0.3 is 14.8 Å². The Kier molecular flexibility index (Phi) is 3.83. The summed E-state index contributed by atoms with van der Waals surface area (Å²) in [4.78, 5) is 17.4. The molecule has 1 aliphatic carbocycles. The van der Waals surface area contributed by atoms with Crippen LogP contribution in [0.2, 0.25) is 0 Å². The molecule has 1 aliphatic heterocycles. The molecule has 140 valence electrons. The molecule has 3 aromatic rings. The summed E-state index contributed by atoms with van der Waals surface area (Å²) in [5.74, 6) is 1.97. The van der Waals surface area contributed by atoms with Crippen LogP contribution in [0.5, 0.6) is 11.5 Å². The Morgan fingerprint density at radius 1 is 1.00 bits per heavy atom. The van der Waals surface area contributed by atoms with E-state index in [0.29, 0.717) is 11.6 Å². The number of hydrogen-bond acceptors (Lipinski definition) is 4. The van der Waals surface area contributed by atoms with Crippen molar-refractivity contribution >= 4 is 11.7 Å². The standard InChI is InChI=1S/C23H20N2O3/c1-15-3-2-4-16(11-15)17-5-8-21(24-13-17)25-22(26)23(9-10-23)18-6-7-19-20(12-18)28-14-27-19/h2-8,11-13H,9-10,14H2,1H3,(H,24,25,26). The van der Waals surface area contributed by atoms with Crippen LogP contribution in [-0.4, -0.2) is 17.7 Å². The van der Waals surface area contributed by atoms with Gasteiger partial charge in [0.2, 0.25) is 12.7 Å². The van der Waals surface area contributed by atoms with Crippen molar-refractivity contribution in [1.29, 1.82) is 0 Å². The topological polar surface area (TPSA) is 60.5 Å². The minimum atomic E-state index is -0.502. The van der Waals surface area contributed by atoms with Crippen LogP contribution in [-0.2, 0) is 10.2 Å². The van der Waals surface area contributed by atoms with E-state index in [2.05, 4.69) is 35.4 Å². The largest absolute Gasteiger partial charge is 0.454 e. The van der Waals surface area contributed by atoms with Gasteiger partial charge in [0.1, 0.15) is 5.82 Å². The normalized spacial score (nSPS) is 15.9. The number of carbonyl (C=O) groups excluding carboxylic acids is 1. The number of carbonyl (C=O) groups is 1. The third-order valence-corrected chi connectivity index (χ3v) is 5.47. The number of benzene rings is 2. The Morgan fingerprint density at radius 2 is 1.86 bits per heavy atom. The molecule has 1 saturated carbocycles. The van der Waals surface area contributed by atoms with Gasteiger partial charge in [-0.2, -0.15) is 0 Å². The highest BCUT2D eigenvalue weighted by molar-refractivity contribution is 6.01. The minimum absolute atomic E-state index is 0.0258. The highest BCUT2D eigenvalue weighted by Crippen LogP contribution is 2.51. The molecule has 0 atom stereocenters. The second-order valence-corrected chi connectivity index (χ2v) is 7.41. The van der Waals surface area contributed by atoms with E-state index in [9.17, 15) is 4.79 Å². The van der Waals surface area contributed by atoms with Gasteiger partial charge >= 0.3 is 0 Å². The zero-order chi connectivity index (χ0) is 19.1. The van der Waals surface area contributed by atoms with Crippen LogP contribution >= 0.6 is 0 Å². The number of anilines is 1. The summed E-state index contributed by atoms with van der Waals surface area (Å²) in [6, 6.07) is 17.9. The summed E-state index contributed by atoms with van der Waals surface area (Å²) >= 11 is 0. The van der Waals surface area contributed by atoms with Gasteiger partial charge in [0.15, 0.2) is 11.5 Å². The number of ether oxygens (including phenoxy) is 2. The number of nitrogens with one attached hydrogen (secondary N) is 1. The molecule has 5 heteroatoms. The fourth-order valence-electron chi connectivity index (χ4n) is 3.67. The maximum atomic E-state index is 13.0. The number of nitrogens with zero attached hydrogens (tertiary/aromatic N) is 1. The first-order chi connectivity index (χ1) is 13.6. The second-order valence-electron chi connectivity index (χ2n) is 7.41. The lowest BCUT2D eigenvalue weighted by Gasteiger charge is -2.16. The second kappa shape index (κ2) is 6.37. The van der Waals surface area contributed by atoms with E-state index in [1.807, 2.05) is 36.4 Å². The third kappa shape index (κ3) is 2.89. The Bertz CT molecular complexity index is 1060.